The van der Waals surface area contributed by atoms with Crippen molar-refractivity contribution in [2.75, 3.05) is 0 Å². The molecule has 3 atom stereocenters. The summed E-state index contributed by atoms with van der Waals surface area (Å²) in [7, 11) is -2.42. The largest absolute Gasteiger partial charge is 0.391 e. The Labute approximate surface area is 138 Å². The van der Waals surface area contributed by atoms with Crippen LogP contribution in [0.3, 0.4) is 0 Å². The van der Waals surface area contributed by atoms with Crippen LogP contribution in [0.2, 0.25) is 10.1 Å². The summed E-state index contributed by atoms with van der Waals surface area (Å²) < 4.78 is 13.3. The zero-order valence-electron chi connectivity index (χ0n) is 16.1. The Balaban J connectivity index is 3.04. The highest BCUT2D eigenvalue weighted by Crippen LogP contribution is 2.55. The molecule has 4 heteroatoms. The van der Waals surface area contributed by atoms with Gasteiger partial charge >= 0.3 is 8.56 Å². The van der Waals surface area contributed by atoms with Crippen molar-refractivity contribution in [3.05, 3.63) is 0 Å². The monoisotopic (exact) mass is 328 g/mol. The van der Waals surface area contributed by atoms with Gasteiger partial charge in [0.2, 0.25) is 0 Å². The zero-order chi connectivity index (χ0) is 17.3. The van der Waals surface area contributed by atoms with Gasteiger partial charge in [-0.05, 0) is 32.6 Å². The molecule has 0 aromatic heterocycles. The van der Waals surface area contributed by atoms with E-state index >= 15 is 0 Å². The molecule has 0 bridgehead atoms. The SMILES string of the molecule is CC(=O)CC[C@H](C)[C@@H]1C[C@@H](C)O[Si](C(C)(C)C)(C(C)(C)C)O1. The molecule has 0 aromatic carbocycles. The second kappa shape index (κ2) is 6.74. The van der Waals surface area contributed by atoms with Gasteiger partial charge in [0.25, 0.3) is 0 Å². The normalized spacial score (nSPS) is 27.5. The summed E-state index contributed by atoms with van der Waals surface area (Å²) in [6.07, 6.45) is 2.92. The smallest absolute Gasteiger partial charge is 0.349 e. The number of rotatable bonds is 4. The van der Waals surface area contributed by atoms with Crippen LogP contribution in [-0.4, -0.2) is 26.6 Å². The lowest BCUT2D eigenvalue weighted by atomic mass is 9.94. The molecule has 1 saturated heterocycles. The van der Waals surface area contributed by atoms with Crippen molar-refractivity contribution < 1.29 is 13.6 Å². The van der Waals surface area contributed by atoms with Gasteiger partial charge in [-0.3, -0.25) is 0 Å². The van der Waals surface area contributed by atoms with Gasteiger partial charge in [0.15, 0.2) is 0 Å². The van der Waals surface area contributed by atoms with Gasteiger partial charge in [0, 0.05) is 22.6 Å². The topological polar surface area (TPSA) is 35.5 Å². The van der Waals surface area contributed by atoms with E-state index in [1.54, 1.807) is 6.92 Å². The number of Topliss-reactive ketones (excluding diaryl/α,β-unsaturated/α-hetero) is 1. The molecule has 1 aliphatic heterocycles. The van der Waals surface area contributed by atoms with E-state index in [1.165, 1.54) is 0 Å². The number of carbonyl (C=O) groups is 1. The maximum absolute atomic E-state index is 11.3. The minimum Gasteiger partial charge on any atom is -0.391 e. The van der Waals surface area contributed by atoms with Crippen molar-refractivity contribution >= 4 is 14.3 Å². The Hall–Kier alpha value is -0.193. The average molecular weight is 329 g/mol. The molecule has 0 spiro atoms. The molecule has 0 radical (unpaired) electrons. The summed E-state index contributed by atoms with van der Waals surface area (Å²) in [6.45, 7) is 19.6. The molecule has 1 heterocycles. The maximum Gasteiger partial charge on any atom is 0.349 e. The average Bonchev–Trinajstić information content (AvgIpc) is 2.32. The summed E-state index contributed by atoms with van der Waals surface area (Å²) in [4.78, 5) is 11.3. The summed E-state index contributed by atoms with van der Waals surface area (Å²) in [5.41, 5.74) is 0. The highest BCUT2D eigenvalue weighted by atomic mass is 28.4. The third kappa shape index (κ3) is 4.21. The first-order chi connectivity index (χ1) is 9.80. The van der Waals surface area contributed by atoms with Crippen molar-refractivity contribution in [2.45, 2.75) is 104 Å². The molecule has 130 valence electrons. The van der Waals surface area contributed by atoms with Crippen LogP contribution >= 0.6 is 0 Å². The molecule has 0 aliphatic carbocycles. The van der Waals surface area contributed by atoms with E-state index < -0.39 is 8.56 Å². The highest BCUT2D eigenvalue weighted by Gasteiger charge is 2.61. The Morgan fingerprint density at radius 2 is 1.64 bits per heavy atom. The van der Waals surface area contributed by atoms with Crippen LogP contribution < -0.4 is 0 Å². The van der Waals surface area contributed by atoms with Gasteiger partial charge in [0.1, 0.15) is 5.78 Å². The van der Waals surface area contributed by atoms with Crippen LogP contribution in [0.4, 0.5) is 0 Å². The van der Waals surface area contributed by atoms with Crippen LogP contribution in [0.5, 0.6) is 0 Å². The van der Waals surface area contributed by atoms with E-state index in [2.05, 4.69) is 55.4 Å². The van der Waals surface area contributed by atoms with Gasteiger partial charge < -0.3 is 13.6 Å². The molecule has 1 rings (SSSR count). The fraction of sp³-hybridized carbons (Fsp3) is 0.944. The molecule has 1 aliphatic rings. The summed E-state index contributed by atoms with van der Waals surface area (Å²) in [5.74, 6) is 0.661. The van der Waals surface area contributed by atoms with Gasteiger partial charge in [-0.2, -0.15) is 0 Å². The lowest BCUT2D eigenvalue weighted by molar-refractivity contribution is -0.117. The van der Waals surface area contributed by atoms with E-state index in [0.717, 1.165) is 12.8 Å². The quantitative estimate of drug-likeness (QED) is 0.663. The molecular weight excluding hydrogens is 292 g/mol. The first kappa shape index (κ1) is 19.9. The van der Waals surface area contributed by atoms with Gasteiger partial charge in [0.05, 0.1) is 6.10 Å². The van der Waals surface area contributed by atoms with Crippen LogP contribution in [0.25, 0.3) is 0 Å². The Morgan fingerprint density at radius 3 is 2.05 bits per heavy atom. The van der Waals surface area contributed by atoms with Gasteiger partial charge in [-0.25, -0.2) is 0 Å². The lowest BCUT2D eigenvalue weighted by Crippen LogP contribution is -2.64. The highest BCUT2D eigenvalue weighted by molar-refractivity contribution is 6.73. The molecular formula is C18H36O3Si. The molecule has 0 N–H and O–H groups in total. The van der Waals surface area contributed by atoms with Crippen LogP contribution in [0.15, 0.2) is 0 Å². The molecule has 0 aromatic rings. The van der Waals surface area contributed by atoms with Crippen molar-refractivity contribution in [1.29, 1.82) is 0 Å². The predicted molar refractivity (Wildman–Crippen MR) is 94.3 cm³/mol. The standard InChI is InChI=1S/C18H36O3Si/c1-13(10-11-14(2)19)16-12-15(3)20-22(21-16,17(4,5)6)18(7,8)9/h13,15-16H,10-12H2,1-9H3/t13-,15+,16-/m0/s1. The number of hydrogen-bond donors (Lipinski definition) is 0. The maximum atomic E-state index is 11.3. The second-order valence-electron chi connectivity index (χ2n) is 9.16. The summed E-state index contributed by atoms with van der Waals surface area (Å²) in [6, 6.07) is 0. The van der Waals surface area contributed by atoms with E-state index in [4.69, 9.17) is 8.85 Å². The third-order valence-corrected chi connectivity index (χ3v) is 10.1. The molecule has 0 amide bonds. The van der Waals surface area contributed by atoms with Gasteiger partial charge in [-0.15, -0.1) is 0 Å². The van der Waals surface area contributed by atoms with Crippen molar-refractivity contribution in [2.24, 2.45) is 5.92 Å². The van der Waals surface area contributed by atoms with E-state index in [9.17, 15) is 4.79 Å². The van der Waals surface area contributed by atoms with Gasteiger partial charge in [-0.1, -0.05) is 48.5 Å². The Morgan fingerprint density at radius 1 is 1.14 bits per heavy atom. The Kier molecular flexibility index (Phi) is 6.08. The van der Waals surface area contributed by atoms with E-state index in [0.29, 0.717) is 12.3 Å². The van der Waals surface area contributed by atoms with Crippen molar-refractivity contribution in [3.63, 3.8) is 0 Å². The van der Waals surface area contributed by atoms with Crippen LogP contribution in [-0.2, 0) is 13.6 Å². The predicted octanol–water partition coefficient (Wildman–Crippen LogP) is 5.23. The first-order valence-electron chi connectivity index (χ1n) is 8.65. The van der Waals surface area contributed by atoms with Crippen molar-refractivity contribution in [1.82, 2.24) is 0 Å². The van der Waals surface area contributed by atoms with E-state index in [1.807, 2.05) is 0 Å². The molecule has 3 nitrogen and oxygen atoms in total. The summed E-state index contributed by atoms with van der Waals surface area (Å²) in [5, 5.41) is 0.0248. The van der Waals surface area contributed by atoms with Crippen LogP contribution in [0, 0.1) is 5.92 Å². The first-order valence-corrected chi connectivity index (χ1v) is 10.5. The summed E-state index contributed by atoms with van der Waals surface area (Å²) >= 11 is 0. The van der Waals surface area contributed by atoms with Crippen LogP contribution in [0.1, 0.15) is 81.6 Å². The zero-order valence-corrected chi connectivity index (χ0v) is 17.1. The molecule has 22 heavy (non-hydrogen) atoms. The van der Waals surface area contributed by atoms with E-state index in [-0.39, 0.29) is 28.1 Å². The molecule has 1 fully saturated rings. The minimum atomic E-state index is -2.42. The van der Waals surface area contributed by atoms with Crippen molar-refractivity contribution in [3.8, 4) is 0 Å². The fourth-order valence-electron chi connectivity index (χ4n) is 3.75. The molecule has 0 unspecified atom stereocenters. The minimum absolute atomic E-state index is 0.0124. The molecule has 0 saturated carbocycles. The lowest BCUT2D eigenvalue weighted by Gasteiger charge is -2.55. The number of hydrogen-bond acceptors (Lipinski definition) is 3. The Bertz CT molecular complexity index is 378. The second-order valence-corrected chi connectivity index (χ2v) is 13.9. The third-order valence-electron chi connectivity index (χ3n) is 4.81. The number of carbonyl (C=O) groups excluding carboxylic acids is 1. The number of ketones is 1. The fourth-order valence-corrected chi connectivity index (χ4v) is 8.88.